The monoisotopic (exact) mass is 539 g/mol. The maximum Gasteiger partial charge on any atom is 0.263 e. The van der Waals surface area contributed by atoms with Gasteiger partial charge in [-0.3, -0.25) is 14.7 Å². The standard InChI is InChI=1S/C26H27Cl2N7O2/c1-13(2)30-26-31-22-12-34(24(36)15-5-8-19(27)20(28)10-15)14(3)9-18(22)25(37)35(26)16-6-7-17-21(11-16)32-33-23(17)29-4/h5-8,10-11,13-14H,9,12H2,1-4H3,(H,30,31)(H2,29,32,33)/t14-/m1/s1. The minimum Gasteiger partial charge on any atom is -0.371 e. The summed E-state index contributed by atoms with van der Waals surface area (Å²) in [6.07, 6.45) is 0.381. The van der Waals surface area contributed by atoms with Gasteiger partial charge < -0.3 is 15.5 Å². The number of carbonyl (C=O) groups is 1. The van der Waals surface area contributed by atoms with E-state index >= 15 is 0 Å². The highest BCUT2D eigenvalue weighted by molar-refractivity contribution is 6.42. The minimum atomic E-state index is -0.213. The maximum absolute atomic E-state index is 13.9. The third-order valence-electron chi connectivity index (χ3n) is 6.50. The molecule has 0 saturated carbocycles. The van der Waals surface area contributed by atoms with E-state index in [1.165, 1.54) is 0 Å². The van der Waals surface area contributed by atoms with Gasteiger partial charge in [0.25, 0.3) is 11.5 Å². The molecule has 192 valence electrons. The van der Waals surface area contributed by atoms with Crippen LogP contribution in [0.1, 0.15) is 42.4 Å². The number of hydrogen-bond acceptors (Lipinski definition) is 6. The zero-order valence-corrected chi connectivity index (χ0v) is 22.4. The fourth-order valence-corrected chi connectivity index (χ4v) is 4.96. The van der Waals surface area contributed by atoms with Gasteiger partial charge in [-0.2, -0.15) is 5.10 Å². The van der Waals surface area contributed by atoms with Gasteiger partial charge in [0, 0.05) is 35.6 Å². The second-order valence-corrected chi connectivity index (χ2v) is 10.3. The van der Waals surface area contributed by atoms with Crippen LogP contribution in [-0.2, 0) is 13.0 Å². The Labute approximate surface area is 223 Å². The van der Waals surface area contributed by atoms with Crippen molar-refractivity contribution < 1.29 is 4.79 Å². The molecule has 0 radical (unpaired) electrons. The lowest BCUT2D eigenvalue weighted by atomic mass is 9.98. The Morgan fingerprint density at radius 1 is 1.16 bits per heavy atom. The maximum atomic E-state index is 13.9. The van der Waals surface area contributed by atoms with Crippen LogP contribution in [0.15, 0.2) is 41.2 Å². The van der Waals surface area contributed by atoms with Crippen LogP contribution in [-0.4, -0.2) is 49.7 Å². The molecule has 3 heterocycles. The molecule has 0 spiro atoms. The number of fused-ring (bicyclic) bond motifs is 2. The molecule has 4 aromatic rings. The van der Waals surface area contributed by atoms with Crippen molar-refractivity contribution >= 4 is 51.8 Å². The summed E-state index contributed by atoms with van der Waals surface area (Å²) in [6.45, 7) is 6.10. The van der Waals surface area contributed by atoms with Crippen molar-refractivity contribution in [2.45, 2.75) is 45.8 Å². The van der Waals surface area contributed by atoms with E-state index in [-0.39, 0.29) is 30.1 Å². The smallest absolute Gasteiger partial charge is 0.263 e. The molecule has 1 atom stereocenters. The molecule has 2 aromatic carbocycles. The molecular formula is C26H27Cl2N7O2. The highest BCUT2D eigenvalue weighted by Crippen LogP contribution is 2.28. The lowest BCUT2D eigenvalue weighted by Gasteiger charge is -2.34. The van der Waals surface area contributed by atoms with Gasteiger partial charge in [-0.15, -0.1) is 0 Å². The van der Waals surface area contributed by atoms with Gasteiger partial charge in [0.05, 0.1) is 33.5 Å². The Morgan fingerprint density at radius 3 is 2.65 bits per heavy atom. The molecule has 1 amide bonds. The van der Waals surface area contributed by atoms with E-state index in [4.69, 9.17) is 28.2 Å². The Hall–Kier alpha value is -3.56. The second-order valence-electron chi connectivity index (χ2n) is 9.47. The van der Waals surface area contributed by atoms with Gasteiger partial charge in [-0.1, -0.05) is 23.2 Å². The van der Waals surface area contributed by atoms with Crippen molar-refractivity contribution in [2.75, 3.05) is 17.7 Å². The highest BCUT2D eigenvalue weighted by atomic mass is 35.5. The first-order valence-electron chi connectivity index (χ1n) is 12.0. The van der Waals surface area contributed by atoms with E-state index < -0.39 is 0 Å². The molecule has 0 aliphatic carbocycles. The van der Waals surface area contributed by atoms with Crippen LogP contribution >= 0.6 is 23.2 Å². The SMILES string of the molecule is CNc1n[nH]c2cc(-n3c(NC(C)C)nc4c(c3=O)C[C@@H](C)N(C(=O)c3ccc(Cl)c(Cl)c3)C4)ccc12. The van der Waals surface area contributed by atoms with E-state index in [0.717, 1.165) is 16.7 Å². The number of hydrogen-bond donors (Lipinski definition) is 3. The predicted octanol–water partition coefficient (Wildman–Crippen LogP) is 4.86. The third-order valence-corrected chi connectivity index (χ3v) is 7.24. The number of rotatable bonds is 5. The second kappa shape index (κ2) is 9.72. The van der Waals surface area contributed by atoms with Gasteiger partial charge in [-0.25, -0.2) is 9.55 Å². The summed E-state index contributed by atoms with van der Waals surface area (Å²) >= 11 is 12.2. The number of carbonyl (C=O) groups excluding carboxylic acids is 1. The van der Waals surface area contributed by atoms with Crippen molar-refractivity contribution in [3.05, 3.63) is 73.6 Å². The van der Waals surface area contributed by atoms with Crippen molar-refractivity contribution in [1.29, 1.82) is 0 Å². The van der Waals surface area contributed by atoms with Gasteiger partial charge in [-0.05, 0) is 63.6 Å². The van der Waals surface area contributed by atoms with Crippen LogP contribution in [0, 0.1) is 0 Å². The van der Waals surface area contributed by atoms with E-state index in [0.29, 0.717) is 44.9 Å². The van der Waals surface area contributed by atoms with Crippen LogP contribution in [0.3, 0.4) is 0 Å². The molecule has 0 saturated heterocycles. The number of nitrogens with one attached hydrogen (secondary N) is 3. The molecule has 1 aliphatic heterocycles. The molecule has 3 N–H and O–H groups in total. The number of aromatic amines is 1. The van der Waals surface area contributed by atoms with Gasteiger partial charge >= 0.3 is 0 Å². The average Bonchev–Trinajstić information content (AvgIpc) is 3.27. The largest absolute Gasteiger partial charge is 0.371 e. The van der Waals surface area contributed by atoms with Crippen molar-refractivity contribution in [3.63, 3.8) is 0 Å². The Balaban J connectivity index is 1.58. The first kappa shape index (κ1) is 25.1. The highest BCUT2D eigenvalue weighted by Gasteiger charge is 2.32. The summed E-state index contributed by atoms with van der Waals surface area (Å²) < 4.78 is 1.60. The zero-order valence-electron chi connectivity index (χ0n) is 20.9. The van der Waals surface area contributed by atoms with Gasteiger partial charge in [0.1, 0.15) is 0 Å². The number of nitrogens with zero attached hydrogens (tertiary/aromatic N) is 4. The quantitative estimate of drug-likeness (QED) is 0.334. The summed E-state index contributed by atoms with van der Waals surface area (Å²) in [5.74, 6) is 0.965. The molecule has 5 rings (SSSR count). The van der Waals surface area contributed by atoms with Crippen LogP contribution in [0.25, 0.3) is 16.6 Å². The van der Waals surface area contributed by atoms with Crippen LogP contribution in [0.4, 0.5) is 11.8 Å². The molecule has 37 heavy (non-hydrogen) atoms. The average molecular weight is 540 g/mol. The lowest BCUT2D eigenvalue weighted by Crippen LogP contribution is -2.46. The van der Waals surface area contributed by atoms with E-state index in [2.05, 4.69) is 20.8 Å². The number of amides is 1. The number of anilines is 2. The molecule has 0 unspecified atom stereocenters. The molecular weight excluding hydrogens is 513 g/mol. The molecule has 9 nitrogen and oxygen atoms in total. The molecule has 2 aromatic heterocycles. The van der Waals surface area contributed by atoms with Crippen LogP contribution in [0.2, 0.25) is 10.0 Å². The van der Waals surface area contributed by atoms with Gasteiger partial charge in [0.2, 0.25) is 5.95 Å². The van der Waals surface area contributed by atoms with Crippen LogP contribution < -0.4 is 16.2 Å². The number of halogens is 2. The summed E-state index contributed by atoms with van der Waals surface area (Å²) in [5.41, 5.74) is 2.93. The Bertz CT molecular complexity index is 1580. The topological polar surface area (TPSA) is 108 Å². The summed E-state index contributed by atoms with van der Waals surface area (Å²) in [5, 5.41) is 15.3. The Kier molecular flexibility index (Phi) is 6.59. The minimum absolute atomic E-state index is 0.0273. The Morgan fingerprint density at radius 2 is 1.95 bits per heavy atom. The lowest BCUT2D eigenvalue weighted by molar-refractivity contribution is 0.0653. The fourth-order valence-electron chi connectivity index (χ4n) is 4.66. The first-order valence-corrected chi connectivity index (χ1v) is 12.8. The van der Waals surface area contributed by atoms with E-state index in [9.17, 15) is 9.59 Å². The normalized spacial score (nSPS) is 15.2. The van der Waals surface area contributed by atoms with Crippen molar-refractivity contribution in [3.8, 4) is 5.69 Å². The number of aromatic nitrogens is 4. The number of benzene rings is 2. The van der Waals surface area contributed by atoms with Crippen molar-refractivity contribution in [2.24, 2.45) is 0 Å². The summed E-state index contributed by atoms with van der Waals surface area (Å²) in [7, 11) is 1.81. The molecule has 0 bridgehead atoms. The third kappa shape index (κ3) is 4.53. The van der Waals surface area contributed by atoms with Crippen LogP contribution in [0.5, 0.6) is 0 Å². The fraction of sp³-hybridized carbons (Fsp3) is 0.308. The zero-order chi connectivity index (χ0) is 26.4. The predicted molar refractivity (Wildman–Crippen MR) is 147 cm³/mol. The van der Waals surface area contributed by atoms with Crippen molar-refractivity contribution in [1.82, 2.24) is 24.6 Å². The van der Waals surface area contributed by atoms with E-state index in [1.807, 2.05) is 46.0 Å². The summed E-state index contributed by atoms with van der Waals surface area (Å²) in [4.78, 5) is 33.8. The molecule has 11 heteroatoms. The molecule has 0 fully saturated rings. The number of H-pyrrole nitrogens is 1. The molecule has 1 aliphatic rings. The summed E-state index contributed by atoms with van der Waals surface area (Å²) in [6, 6.07) is 10.3. The van der Waals surface area contributed by atoms with E-state index in [1.54, 1.807) is 27.7 Å². The first-order chi connectivity index (χ1) is 17.7. The van der Waals surface area contributed by atoms with Gasteiger partial charge in [0.15, 0.2) is 5.82 Å².